The number of para-hydroxylation sites is 1. The Balaban J connectivity index is 2.17. The Bertz CT molecular complexity index is 577. The molecule has 0 bridgehead atoms. The number of hydrogen-bond acceptors (Lipinski definition) is 3. The molecule has 2 aromatic carbocycles. The van der Waals surface area contributed by atoms with Gasteiger partial charge in [-0.05, 0) is 36.8 Å². The molecule has 0 radical (unpaired) electrons. The molecule has 2 N–H and O–H groups in total. The van der Waals surface area contributed by atoms with E-state index in [0.717, 1.165) is 5.56 Å². The number of phenols is 1. The molecule has 1 atom stereocenters. The van der Waals surface area contributed by atoms with Gasteiger partial charge >= 0.3 is 0 Å². The lowest BCUT2D eigenvalue weighted by atomic mass is 10.1. The summed E-state index contributed by atoms with van der Waals surface area (Å²) in [6.45, 7) is 1.92. The molecule has 0 fully saturated rings. The molecule has 20 heavy (non-hydrogen) atoms. The fraction of sp³-hybridized carbons (Fsp3) is 0.200. The zero-order chi connectivity index (χ0) is 14.5. The molecular formula is C15H15F2NOS. The third kappa shape index (κ3) is 3.87. The lowest BCUT2D eigenvalue weighted by Crippen LogP contribution is -2.07. The van der Waals surface area contributed by atoms with E-state index in [1.807, 2.05) is 13.0 Å². The second-order valence-corrected chi connectivity index (χ2v) is 5.37. The number of benzene rings is 2. The van der Waals surface area contributed by atoms with Crippen LogP contribution in [0, 0.1) is 0 Å². The van der Waals surface area contributed by atoms with Gasteiger partial charge in [-0.1, -0.05) is 36.0 Å². The Labute approximate surface area is 120 Å². The molecule has 5 heteroatoms. The van der Waals surface area contributed by atoms with Gasteiger partial charge in [0.15, 0.2) is 0 Å². The zero-order valence-corrected chi connectivity index (χ0v) is 11.7. The topological polar surface area (TPSA) is 32.3 Å². The van der Waals surface area contributed by atoms with Crippen LogP contribution in [-0.4, -0.2) is 10.9 Å². The molecule has 0 aliphatic rings. The molecule has 0 aliphatic heterocycles. The van der Waals surface area contributed by atoms with Gasteiger partial charge in [-0.25, -0.2) is 0 Å². The van der Waals surface area contributed by atoms with Crippen LogP contribution >= 0.6 is 11.8 Å². The van der Waals surface area contributed by atoms with Gasteiger partial charge in [0, 0.05) is 16.6 Å². The minimum Gasteiger partial charge on any atom is -0.508 e. The quantitative estimate of drug-likeness (QED) is 0.771. The molecule has 106 valence electrons. The Morgan fingerprint density at radius 3 is 2.55 bits per heavy atom. The summed E-state index contributed by atoms with van der Waals surface area (Å²) in [6, 6.07) is 13.7. The second kappa shape index (κ2) is 6.61. The monoisotopic (exact) mass is 295 g/mol. The highest BCUT2D eigenvalue weighted by molar-refractivity contribution is 7.99. The Hall–Kier alpha value is -1.75. The van der Waals surface area contributed by atoms with E-state index in [0.29, 0.717) is 22.3 Å². The largest absolute Gasteiger partial charge is 0.508 e. The first-order chi connectivity index (χ1) is 9.56. The van der Waals surface area contributed by atoms with Gasteiger partial charge < -0.3 is 10.4 Å². The van der Waals surface area contributed by atoms with Crippen LogP contribution < -0.4 is 5.32 Å². The highest BCUT2D eigenvalue weighted by Gasteiger charge is 2.12. The number of alkyl halides is 2. The lowest BCUT2D eigenvalue weighted by Gasteiger charge is -2.18. The summed E-state index contributed by atoms with van der Waals surface area (Å²) in [7, 11) is 0. The van der Waals surface area contributed by atoms with Crippen molar-refractivity contribution in [2.75, 3.05) is 5.32 Å². The normalized spacial score (nSPS) is 12.4. The van der Waals surface area contributed by atoms with Crippen molar-refractivity contribution in [3.63, 3.8) is 0 Å². The van der Waals surface area contributed by atoms with E-state index in [2.05, 4.69) is 5.32 Å². The van der Waals surface area contributed by atoms with Gasteiger partial charge in [-0.2, -0.15) is 8.78 Å². The number of anilines is 1. The summed E-state index contributed by atoms with van der Waals surface area (Å²) in [5, 5.41) is 12.7. The first-order valence-corrected chi connectivity index (χ1v) is 7.03. The van der Waals surface area contributed by atoms with Crippen LogP contribution in [0.3, 0.4) is 0 Å². The SMILES string of the molecule is CC(Nc1ccccc1SC(F)F)c1cccc(O)c1. The molecule has 2 rings (SSSR count). The maximum Gasteiger partial charge on any atom is 0.288 e. The van der Waals surface area contributed by atoms with Crippen LogP contribution in [0.4, 0.5) is 14.5 Å². The van der Waals surface area contributed by atoms with Gasteiger partial charge in [0.25, 0.3) is 5.76 Å². The van der Waals surface area contributed by atoms with E-state index in [-0.39, 0.29) is 11.8 Å². The van der Waals surface area contributed by atoms with Crippen LogP contribution in [0.25, 0.3) is 0 Å². The third-order valence-electron chi connectivity index (χ3n) is 2.85. The average Bonchev–Trinajstić information content (AvgIpc) is 2.40. The van der Waals surface area contributed by atoms with Crippen molar-refractivity contribution in [1.82, 2.24) is 0 Å². The van der Waals surface area contributed by atoms with Crippen molar-refractivity contribution >= 4 is 17.4 Å². The molecule has 0 aliphatic carbocycles. The zero-order valence-electron chi connectivity index (χ0n) is 10.9. The molecule has 2 aromatic rings. The van der Waals surface area contributed by atoms with E-state index < -0.39 is 5.76 Å². The molecule has 2 nitrogen and oxygen atoms in total. The van der Waals surface area contributed by atoms with E-state index in [1.165, 1.54) is 0 Å². The van der Waals surface area contributed by atoms with Crippen molar-refractivity contribution in [2.45, 2.75) is 23.6 Å². The van der Waals surface area contributed by atoms with Crippen LogP contribution in [0.1, 0.15) is 18.5 Å². The molecular weight excluding hydrogens is 280 g/mol. The van der Waals surface area contributed by atoms with Gasteiger partial charge in [0.1, 0.15) is 5.75 Å². The van der Waals surface area contributed by atoms with Gasteiger partial charge in [0.05, 0.1) is 0 Å². The maximum atomic E-state index is 12.5. The smallest absolute Gasteiger partial charge is 0.288 e. The predicted molar refractivity (Wildman–Crippen MR) is 78.4 cm³/mol. The van der Waals surface area contributed by atoms with Crippen LogP contribution in [0.5, 0.6) is 5.75 Å². The number of halogens is 2. The molecule has 0 aromatic heterocycles. The molecule has 1 unspecified atom stereocenters. The summed E-state index contributed by atoms with van der Waals surface area (Å²) < 4.78 is 25.0. The van der Waals surface area contributed by atoms with Crippen LogP contribution in [0.15, 0.2) is 53.4 Å². The van der Waals surface area contributed by atoms with Crippen LogP contribution in [-0.2, 0) is 0 Å². The molecule has 0 saturated carbocycles. The van der Waals surface area contributed by atoms with Crippen molar-refractivity contribution in [1.29, 1.82) is 0 Å². The highest BCUT2D eigenvalue weighted by atomic mass is 32.2. The van der Waals surface area contributed by atoms with E-state index in [1.54, 1.807) is 42.5 Å². The van der Waals surface area contributed by atoms with Gasteiger partial charge in [-0.3, -0.25) is 0 Å². The number of phenolic OH excluding ortho intramolecular Hbond substituents is 1. The Morgan fingerprint density at radius 1 is 1.10 bits per heavy atom. The van der Waals surface area contributed by atoms with Gasteiger partial charge in [-0.15, -0.1) is 0 Å². The second-order valence-electron chi connectivity index (χ2n) is 4.34. The third-order valence-corrected chi connectivity index (χ3v) is 3.63. The molecule has 0 amide bonds. The number of rotatable bonds is 5. The van der Waals surface area contributed by atoms with Gasteiger partial charge in [0.2, 0.25) is 0 Å². The fourth-order valence-electron chi connectivity index (χ4n) is 1.90. The van der Waals surface area contributed by atoms with E-state index in [4.69, 9.17) is 0 Å². The summed E-state index contributed by atoms with van der Waals surface area (Å²) in [6.07, 6.45) is 0. The Kier molecular flexibility index (Phi) is 4.84. The fourth-order valence-corrected chi connectivity index (χ4v) is 2.50. The van der Waals surface area contributed by atoms with Crippen molar-refractivity contribution < 1.29 is 13.9 Å². The highest BCUT2D eigenvalue weighted by Crippen LogP contribution is 2.33. The minimum absolute atomic E-state index is 0.0958. The van der Waals surface area contributed by atoms with E-state index >= 15 is 0 Å². The van der Waals surface area contributed by atoms with Crippen molar-refractivity contribution in [3.8, 4) is 5.75 Å². The van der Waals surface area contributed by atoms with Crippen molar-refractivity contribution in [2.24, 2.45) is 0 Å². The van der Waals surface area contributed by atoms with E-state index in [9.17, 15) is 13.9 Å². The average molecular weight is 295 g/mol. The molecule has 0 saturated heterocycles. The molecule has 0 heterocycles. The molecule has 0 spiro atoms. The summed E-state index contributed by atoms with van der Waals surface area (Å²) in [5.41, 5.74) is 1.55. The summed E-state index contributed by atoms with van der Waals surface area (Å²) in [5.74, 6) is -2.26. The summed E-state index contributed by atoms with van der Waals surface area (Å²) >= 11 is 0.520. The predicted octanol–water partition coefficient (Wildman–Crippen LogP) is 4.88. The number of hydrogen-bond donors (Lipinski definition) is 2. The first-order valence-electron chi connectivity index (χ1n) is 6.15. The lowest BCUT2D eigenvalue weighted by molar-refractivity contribution is 0.252. The van der Waals surface area contributed by atoms with Crippen molar-refractivity contribution in [3.05, 3.63) is 54.1 Å². The van der Waals surface area contributed by atoms with Crippen LogP contribution in [0.2, 0.25) is 0 Å². The number of thioether (sulfide) groups is 1. The summed E-state index contributed by atoms with van der Waals surface area (Å²) in [4.78, 5) is 0.509. The number of aromatic hydroxyl groups is 1. The first kappa shape index (κ1) is 14.7. The Morgan fingerprint density at radius 2 is 1.85 bits per heavy atom. The maximum absolute atomic E-state index is 12.5. The minimum atomic E-state index is -2.45. The number of nitrogens with one attached hydrogen (secondary N) is 1. The standard InChI is InChI=1S/C15H15F2NOS/c1-10(11-5-4-6-12(19)9-11)18-13-7-2-3-8-14(13)20-15(16)17/h2-10,15,18-19H,1H3.